The number of hydrogen-bond acceptors (Lipinski definition) is 4. The molecule has 1 amide bonds. The van der Waals surface area contributed by atoms with Crippen LogP contribution in [0.2, 0.25) is 0 Å². The average Bonchev–Trinajstić information content (AvgIpc) is 2.97. The van der Waals surface area contributed by atoms with Crippen LogP contribution in [-0.4, -0.2) is 61.4 Å². The minimum absolute atomic E-state index is 0.212. The summed E-state index contributed by atoms with van der Waals surface area (Å²) in [7, 11) is 0. The van der Waals surface area contributed by atoms with Crippen LogP contribution >= 0.6 is 0 Å². The van der Waals surface area contributed by atoms with E-state index in [0.29, 0.717) is 43.7 Å². The molecule has 2 heterocycles. The van der Waals surface area contributed by atoms with Gasteiger partial charge in [0, 0.05) is 37.1 Å². The summed E-state index contributed by atoms with van der Waals surface area (Å²) in [5.74, 6) is 1.13. The van der Waals surface area contributed by atoms with E-state index in [0.717, 1.165) is 25.9 Å². The molecule has 25 heavy (non-hydrogen) atoms. The molecule has 0 radical (unpaired) electrons. The van der Waals surface area contributed by atoms with Crippen LogP contribution in [0, 0.1) is 11.3 Å². The number of ether oxygens (including phenoxy) is 2. The zero-order chi connectivity index (χ0) is 17.4. The second kappa shape index (κ2) is 6.67. The Morgan fingerprint density at radius 1 is 1.36 bits per heavy atom. The summed E-state index contributed by atoms with van der Waals surface area (Å²) >= 11 is 0. The molecule has 3 N–H and O–H groups in total. The molecular formula is C18H30N4O3. The summed E-state index contributed by atoms with van der Waals surface area (Å²) < 4.78 is 11.0. The molecule has 4 rings (SSSR count). The van der Waals surface area contributed by atoms with Crippen molar-refractivity contribution in [3.63, 3.8) is 0 Å². The van der Waals surface area contributed by atoms with Gasteiger partial charge in [-0.1, -0.05) is 6.42 Å². The first-order valence-electron chi connectivity index (χ1n) is 9.77. The third-order valence-electron chi connectivity index (χ3n) is 6.63. The zero-order valence-corrected chi connectivity index (χ0v) is 15.1. The van der Waals surface area contributed by atoms with Crippen molar-refractivity contribution in [2.75, 3.05) is 26.3 Å². The van der Waals surface area contributed by atoms with Gasteiger partial charge in [0.05, 0.1) is 18.8 Å². The summed E-state index contributed by atoms with van der Waals surface area (Å²) in [6.07, 6.45) is 6.83. The van der Waals surface area contributed by atoms with E-state index in [1.165, 1.54) is 19.3 Å². The Hall–Kier alpha value is -1.50. The predicted octanol–water partition coefficient (Wildman–Crippen LogP) is 1.47. The lowest BCUT2D eigenvalue weighted by Crippen LogP contribution is -2.66. The molecule has 4 aliphatic rings. The average molecular weight is 350 g/mol. The minimum Gasteiger partial charge on any atom is -0.450 e. The second-order valence-corrected chi connectivity index (χ2v) is 7.89. The summed E-state index contributed by atoms with van der Waals surface area (Å²) in [6, 6.07) is 0.614. The van der Waals surface area contributed by atoms with Crippen LogP contribution in [0.3, 0.4) is 0 Å². The first-order chi connectivity index (χ1) is 12.1. The van der Waals surface area contributed by atoms with Crippen LogP contribution < -0.4 is 11.1 Å². The molecule has 1 spiro atoms. The van der Waals surface area contributed by atoms with Gasteiger partial charge in [0.15, 0.2) is 5.96 Å². The lowest BCUT2D eigenvalue weighted by Gasteiger charge is -2.61. The van der Waals surface area contributed by atoms with Crippen LogP contribution in [0.4, 0.5) is 4.79 Å². The highest BCUT2D eigenvalue weighted by Crippen LogP contribution is 2.64. The highest BCUT2D eigenvalue weighted by Gasteiger charge is 2.66. The number of carbonyl (C=O) groups excluding carboxylic acids is 1. The number of likely N-dealkylation sites (tertiary alicyclic amines) is 1. The van der Waals surface area contributed by atoms with E-state index < -0.39 is 0 Å². The second-order valence-electron chi connectivity index (χ2n) is 7.89. The molecule has 0 bridgehead atoms. The van der Waals surface area contributed by atoms with Crippen molar-refractivity contribution in [3.05, 3.63) is 0 Å². The maximum Gasteiger partial charge on any atom is 0.409 e. The first-order valence-corrected chi connectivity index (χ1v) is 9.77. The van der Waals surface area contributed by atoms with E-state index in [-0.39, 0.29) is 17.6 Å². The third-order valence-corrected chi connectivity index (χ3v) is 6.63. The lowest BCUT2D eigenvalue weighted by atomic mass is 9.46. The van der Waals surface area contributed by atoms with Crippen LogP contribution in [-0.2, 0) is 9.47 Å². The molecule has 2 saturated carbocycles. The molecule has 7 nitrogen and oxygen atoms in total. The van der Waals surface area contributed by atoms with Crippen molar-refractivity contribution in [3.8, 4) is 0 Å². The van der Waals surface area contributed by atoms with Crippen molar-refractivity contribution in [1.82, 2.24) is 10.2 Å². The largest absolute Gasteiger partial charge is 0.450 e. The van der Waals surface area contributed by atoms with Crippen molar-refractivity contribution < 1.29 is 14.3 Å². The fourth-order valence-electron chi connectivity index (χ4n) is 5.20. The van der Waals surface area contributed by atoms with Crippen molar-refractivity contribution in [2.24, 2.45) is 22.1 Å². The van der Waals surface area contributed by atoms with Crippen molar-refractivity contribution in [2.45, 2.75) is 63.6 Å². The van der Waals surface area contributed by atoms with Crippen LogP contribution in [0.15, 0.2) is 4.99 Å². The molecule has 140 valence electrons. The number of carbonyl (C=O) groups is 1. The highest BCUT2D eigenvalue weighted by molar-refractivity contribution is 5.78. The number of amides is 1. The number of piperidine rings is 1. The van der Waals surface area contributed by atoms with E-state index in [1.807, 2.05) is 6.92 Å². The monoisotopic (exact) mass is 350 g/mol. The summed E-state index contributed by atoms with van der Waals surface area (Å²) in [6.45, 7) is 4.54. The van der Waals surface area contributed by atoms with E-state index in [9.17, 15) is 4.79 Å². The molecule has 0 aromatic rings. The van der Waals surface area contributed by atoms with Gasteiger partial charge < -0.3 is 25.4 Å². The molecule has 0 aromatic heterocycles. The zero-order valence-electron chi connectivity index (χ0n) is 15.1. The van der Waals surface area contributed by atoms with Crippen molar-refractivity contribution in [1.29, 1.82) is 0 Å². The SMILES string of the molecule is CCOC(=O)N1CCC(NC(N)=NC2C3CCOC3C23CCC3)CC1. The maximum absolute atomic E-state index is 11.8. The number of aliphatic imine (C=N–C) groups is 1. The Kier molecular flexibility index (Phi) is 4.52. The van der Waals surface area contributed by atoms with Gasteiger partial charge >= 0.3 is 6.09 Å². The quantitative estimate of drug-likeness (QED) is 0.594. The Labute approximate surface area is 149 Å². The number of nitrogens with zero attached hydrogens (tertiary/aromatic N) is 2. The summed E-state index contributed by atoms with van der Waals surface area (Å²) in [4.78, 5) is 18.4. The van der Waals surface area contributed by atoms with Crippen LogP contribution in [0.5, 0.6) is 0 Å². The number of fused-ring (bicyclic) bond motifs is 2. The number of nitrogens with one attached hydrogen (secondary N) is 1. The van der Waals surface area contributed by atoms with Crippen LogP contribution in [0.1, 0.15) is 45.4 Å². The van der Waals surface area contributed by atoms with Gasteiger partial charge in [-0.2, -0.15) is 0 Å². The first kappa shape index (κ1) is 16.9. The van der Waals surface area contributed by atoms with Gasteiger partial charge in [0.2, 0.25) is 0 Å². The molecule has 2 aliphatic heterocycles. The topological polar surface area (TPSA) is 89.2 Å². The van der Waals surface area contributed by atoms with E-state index in [1.54, 1.807) is 4.90 Å². The van der Waals surface area contributed by atoms with Gasteiger partial charge in [-0.15, -0.1) is 0 Å². The fourth-order valence-corrected chi connectivity index (χ4v) is 5.20. The Balaban J connectivity index is 1.30. The van der Waals surface area contributed by atoms with Gasteiger partial charge in [0.1, 0.15) is 0 Å². The number of nitrogens with two attached hydrogens (primary N) is 1. The van der Waals surface area contributed by atoms with Gasteiger partial charge in [0.25, 0.3) is 0 Å². The molecule has 0 aromatic carbocycles. The molecule has 3 atom stereocenters. The lowest BCUT2D eigenvalue weighted by molar-refractivity contribution is -0.164. The number of rotatable bonds is 3. The molecule has 2 saturated heterocycles. The molecule has 7 heteroatoms. The normalized spacial score (nSPS) is 34.2. The van der Waals surface area contributed by atoms with E-state index in [4.69, 9.17) is 20.2 Å². The Morgan fingerprint density at radius 3 is 2.76 bits per heavy atom. The van der Waals surface area contributed by atoms with Crippen molar-refractivity contribution >= 4 is 12.1 Å². The molecule has 2 aliphatic carbocycles. The van der Waals surface area contributed by atoms with Crippen LogP contribution in [0.25, 0.3) is 0 Å². The Bertz CT molecular complexity index is 540. The summed E-state index contributed by atoms with van der Waals surface area (Å²) in [5, 5.41) is 3.38. The van der Waals surface area contributed by atoms with E-state index in [2.05, 4.69) is 5.32 Å². The number of guanidine groups is 1. The van der Waals surface area contributed by atoms with E-state index >= 15 is 0 Å². The molecule has 4 fully saturated rings. The van der Waals surface area contributed by atoms with Gasteiger partial charge in [-0.05, 0) is 39.0 Å². The van der Waals surface area contributed by atoms with Gasteiger partial charge in [-0.3, -0.25) is 0 Å². The molecule has 3 unspecified atom stereocenters. The smallest absolute Gasteiger partial charge is 0.409 e. The third kappa shape index (κ3) is 2.86. The predicted molar refractivity (Wildman–Crippen MR) is 94.3 cm³/mol. The highest BCUT2D eigenvalue weighted by atomic mass is 16.6. The minimum atomic E-state index is -0.212. The fraction of sp³-hybridized carbons (Fsp3) is 0.889. The Morgan fingerprint density at radius 2 is 2.12 bits per heavy atom. The summed E-state index contributed by atoms with van der Waals surface area (Å²) in [5.41, 5.74) is 6.51. The molecular weight excluding hydrogens is 320 g/mol. The maximum atomic E-state index is 11.8. The standard InChI is InChI=1S/C18H30N4O3/c1-2-24-17(23)22-9-4-12(5-10-22)20-16(19)21-14-13-6-11-25-15(13)18(14)7-3-8-18/h12-15H,2-11H2,1H3,(H3,19,20,21). The number of hydrogen-bond donors (Lipinski definition) is 2. The van der Waals surface area contributed by atoms with Gasteiger partial charge in [-0.25, -0.2) is 9.79 Å².